The van der Waals surface area contributed by atoms with E-state index in [4.69, 9.17) is 5.11 Å². The molecule has 8 nitrogen and oxygen atoms in total. The number of hydrogen-bond acceptors (Lipinski definition) is 5. The average molecular weight is 405 g/mol. The van der Waals surface area contributed by atoms with Gasteiger partial charge in [-0.05, 0) is 54.4 Å². The van der Waals surface area contributed by atoms with Crippen molar-refractivity contribution in [2.75, 3.05) is 17.2 Å². The van der Waals surface area contributed by atoms with E-state index < -0.39 is 10.8 Å². The lowest BCUT2D eigenvalue weighted by atomic mass is 10.1. The molecule has 0 aromatic heterocycles. The van der Waals surface area contributed by atoms with Gasteiger partial charge in [0.05, 0.1) is 4.92 Å². The summed E-state index contributed by atoms with van der Waals surface area (Å²) in [6.07, 6.45) is 0.546. The monoisotopic (exact) mass is 405 g/mol. The predicted molar refractivity (Wildman–Crippen MR) is 113 cm³/mol. The van der Waals surface area contributed by atoms with Gasteiger partial charge in [-0.25, -0.2) is 0 Å². The van der Waals surface area contributed by atoms with Crippen molar-refractivity contribution in [2.45, 2.75) is 6.42 Å². The SMILES string of the molecule is O=C(Nc1cccc(C(=O)Nc2ccc(CCO)cc2)c1)c1ccc([N+](=O)[O-])cc1. The van der Waals surface area contributed by atoms with Crippen molar-refractivity contribution in [3.8, 4) is 0 Å². The normalized spacial score (nSPS) is 10.3. The Balaban J connectivity index is 1.66. The number of benzene rings is 3. The van der Waals surface area contributed by atoms with Crippen molar-refractivity contribution in [2.24, 2.45) is 0 Å². The molecular weight excluding hydrogens is 386 g/mol. The summed E-state index contributed by atoms with van der Waals surface area (Å²) in [6, 6.07) is 18.8. The molecule has 2 amide bonds. The van der Waals surface area contributed by atoms with Crippen LogP contribution in [0.1, 0.15) is 26.3 Å². The highest BCUT2D eigenvalue weighted by Gasteiger charge is 2.12. The first-order chi connectivity index (χ1) is 14.5. The molecule has 3 rings (SSSR count). The zero-order chi connectivity index (χ0) is 21.5. The molecule has 0 bridgehead atoms. The minimum Gasteiger partial charge on any atom is -0.396 e. The Morgan fingerprint density at radius 3 is 2.10 bits per heavy atom. The van der Waals surface area contributed by atoms with Gasteiger partial charge in [0, 0.05) is 41.2 Å². The molecule has 0 aliphatic carbocycles. The van der Waals surface area contributed by atoms with E-state index in [1.807, 2.05) is 12.1 Å². The molecule has 0 fully saturated rings. The van der Waals surface area contributed by atoms with Crippen LogP contribution in [0, 0.1) is 10.1 Å². The molecule has 0 atom stereocenters. The Hall–Kier alpha value is -4.04. The third kappa shape index (κ3) is 5.27. The summed E-state index contributed by atoms with van der Waals surface area (Å²) in [5.41, 5.74) is 2.52. The second kappa shape index (κ2) is 9.44. The molecule has 30 heavy (non-hydrogen) atoms. The number of carbonyl (C=O) groups excluding carboxylic acids is 2. The van der Waals surface area contributed by atoms with Gasteiger partial charge in [0.15, 0.2) is 0 Å². The molecule has 0 saturated carbocycles. The zero-order valence-corrected chi connectivity index (χ0v) is 15.9. The maximum atomic E-state index is 12.5. The largest absolute Gasteiger partial charge is 0.396 e. The summed E-state index contributed by atoms with van der Waals surface area (Å²) < 4.78 is 0. The van der Waals surface area contributed by atoms with Gasteiger partial charge in [0.2, 0.25) is 0 Å². The number of nitro groups is 1. The van der Waals surface area contributed by atoms with E-state index >= 15 is 0 Å². The number of nitrogens with one attached hydrogen (secondary N) is 2. The number of anilines is 2. The van der Waals surface area contributed by atoms with Crippen LogP contribution in [0.15, 0.2) is 72.8 Å². The summed E-state index contributed by atoms with van der Waals surface area (Å²) in [6.45, 7) is 0.0596. The fraction of sp³-hybridized carbons (Fsp3) is 0.0909. The number of non-ortho nitro benzene ring substituents is 1. The number of carbonyl (C=O) groups is 2. The number of nitro benzene ring substituents is 1. The molecule has 0 aliphatic rings. The molecule has 152 valence electrons. The van der Waals surface area contributed by atoms with Crippen molar-refractivity contribution < 1.29 is 19.6 Å². The van der Waals surface area contributed by atoms with Gasteiger partial charge >= 0.3 is 0 Å². The molecule has 3 N–H and O–H groups in total. The predicted octanol–water partition coefficient (Wildman–Crippen LogP) is 3.63. The highest BCUT2D eigenvalue weighted by molar-refractivity contribution is 6.07. The first kappa shape index (κ1) is 20.7. The number of hydrogen-bond donors (Lipinski definition) is 3. The van der Waals surface area contributed by atoms with Gasteiger partial charge in [-0.2, -0.15) is 0 Å². The van der Waals surface area contributed by atoms with Crippen LogP contribution < -0.4 is 10.6 Å². The lowest BCUT2D eigenvalue weighted by Crippen LogP contribution is -2.14. The van der Waals surface area contributed by atoms with Crippen LogP contribution in [0.5, 0.6) is 0 Å². The van der Waals surface area contributed by atoms with Gasteiger partial charge in [0.1, 0.15) is 0 Å². The zero-order valence-electron chi connectivity index (χ0n) is 15.9. The van der Waals surface area contributed by atoms with Crippen molar-refractivity contribution >= 4 is 28.9 Å². The summed E-state index contributed by atoms with van der Waals surface area (Å²) in [7, 11) is 0. The van der Waals surface area contributed by atoms with Gasteiger partial charge < -0.3 is 15.7 Å². The maximum absolute atomic E-state index is 12.5. The second-order valence-corrected chi connectivity index (χ2v) is 6.46. The molecular formula is C22H19N3O5. The van der Waals surface area contributed by atoms with Crippen LogP contribution in [0.25, 0.3) is 0 Å². The van der Waals surface area contributed by atoms with E-state index in [9.17, 15) is 19.7 Å². The van der Waals surface area contributed by atoms with E-state index in [2.05, 4.69) is 10.6 Å². The van der Waals surface area contributed by atoms with Crippen molar-refractivity contribution in [1.82, 2.24) is 0 Å². The van der Waals surface area contributed by atoms with Crippen LogP contribution >= 0.6 is 0 Å². The lowest BCUT2D eigenvalue weighted by molar-refractivity contribution is -0.384. The number of aliphatic hydroxyl groups excluding tert-OH is 1. The molecule has 3 aromatic carbocycles. The van der Waals surface area contributed by atoms with Gasteiger partial charge in [0.25, 0.3) is 17.5 Å². The van der Waals surface area contributed by atoms with Gasteiger partial charge in [-0.3, -0.25) is 19.7 Å². The van der Waals surface area contributed by atoms with Crippen molar-refractivity contribution in [3.05, 3.63) is 99.6 Å². The summed E-state index contributed by atoms with van der Waals surface area (Å²) in [5, 5.41) is 25.1. The molecule has 8 heteroatoms. The highest BCUT2D eigenvalue weighted by atomic mass is 16.6. The van der Waals surface area contributed by atoms with E-state index in [0.717, 1.165) is 5.56 Å². The maximum Gasteiger partial charge on any atom is 0.269 e. The first-order valence-corrected chi connectivity index (χ1v) is 9.13. The van der Waals surface area contributed by atoms with Crippen LogP contribution in [0.4, 0.5) is 17.1 Å². The average Bonchev–Trinajstić information content (AvgIpc) is 2.75. The number of rotatable bonds is 7. The molecule has 0 spiro atoms. The quantitative estimate of drug-likeness (QED) is 0.409. The Kier molecular flexibility index (Phi) is 6.51. The standard InChI is InChI=1S/C22H19N3O5/c26-13-12-15-4-8-18(9-5-15)23-22(28)17-2-1-3-19(14-17)24-21(27)16-6-10-20(11-7-16)25(29)30/h1-11,14,26H,12-13H2,(H,23,28)(H,24,27). The molecule has 0 aliphatic heterocycles. The fourth-order valence-electron chi connectivity index (χ4n) is 2.76. The van der Waals surface area contributed by atoms with E-state index in [0.29, 0.717) is 23.4 Å². The third-order valence-electron chi connectivity index (χ3n) is 4.34. The minimum atomic E-state index is -0.538. The summed E-state index contributed by atoms with van der Waals surface area (Å²) in [5.74, 6) is -0.779. The van der Waals surface area contributed by atoms with E-state index in [-0.39, 0.29) is 23.8 Å². The Morgan fingerprint density at radius 1 is 0.833 bits per heavy atom. The lowest BCUT2D eigenvalue weighted by Gasteiger charge is -2.09. The Morgan fingerprint density at radius 2 is 1.47 bits per heavy atom. The molecule has 0 radical (unpaired) electrons. The van der Waals surface area contributed by atoms with Gasteiger partial charge in [-0.1, -0.05) is 18.2 Å². The molecule has 0 unspecified atom stereocenters. The third-order valence-corrected chi connectivity index (χ3v) is 4.34. The molecule has 0 saturated heterocycles. The van der Waals surface area contributed by atoms with Crippen LogP contribution in [0.2, 0.25) is 0 Å². The summed E-state index contributed by atoms with van der Waals surface area (Å²) >= 11 is 0. The van der Waals surface area contributed by atoms with E-state index in [1.165, 1.54) is 24.3 Å². The first-order valence-electron chi connectivity index (χ1n) is 9.13. The van der Waals surface area contributed by atoms with Crippen LogP contribution in [0.3, 0.4) is 0 Å². The number of aliphatic hydroxyl groups is 1. The van der Waals surface area contributed by atoms with Crippen LogP contribution in [-0.4, -0.2) is 28.5 Å². The van der Waals surface area contributed by atoms with Crippen LogP contribution in [-0.2, 0) is 6.42 Å². The Bertz CT molecular complexity index is 1060. The molecule has 0 heterocycles. The second-order valence-electron chi connectivity index (χ2n) is 6.46. The molecule has 3 aromatic rings. The topological polar surface area (TPSA) is 122 Å². The van der Waals surface area contributed by atoms with E-state index in [1.54, 1.807) is 36.4 Å². The van der Waals surface area contributed by atoms with Crippen molar-refractivity contribution in [1.29, 1.82) is 0 Å². The number of nitrogens with zero attached hydrogens (tertiary/aromatic N) is 1. The minimum absolute atomic E-state index is 0.0596. The smallest absolute Gasteiger partial charge is 0.269 e. The summed E-state index contributed by atoms with van der Waals surface area (Å²) in [4.78, 5) is 35.0. The number of amides is 2. The fourth-order valence-corrected chi connectivity index (χ4v) is 2.76. The highest BCUT2D eigenvalue weighted by Crippen LogP contribution is 2.17. The van der Waals surface area contributed by atoms with Crippen molar-refractivity contribution in [3.63, 3.8) is 0 Å². The van der Waals surface area contributed by atoms with Gasteiger partial charge in [-0.15, -0.1) is 0 Å². The Labute approximate surface area is 172 Å².